The fraction of sp³-hybridized carbons (Fsp3) is 0.241. The van der Waals surface area contributed by atoms with Crippen molar-refractivity contribution in [1.29, 1.82) is 0 Å². The number of ether oxygens (including phenoxy) is 2. The highest BCUT2D eigenvalue weighted by Gasteiger charge is 2.46. The molecule has 196 valence electrons. The molecule has 0 radical (unpaired) electrons. The molecule has 0 spiro atoms. The zero-order valence-electron chi connectivity index (χ0n) is 21.1. The van der Waals surface area contributed by atoms with Gasteiger partial charge in [-0.25, -0.2) is 0 Å². The van der Waals surface area contributed by atoms with Crippen LogP contribution in [0.1, 0.15) is 34.7 Å². The molecule has 1 amide bonds. The molecule has 1 heterocycles. The third-order valence-electron chi connectivity index (χ3n) is 6.30. The summed E-state index contributed by atoms with van der Waals surface area (Å²) in [6.07, 6.45) is 0.446. The molecule has 0 bridgehead atoms. The van der Waals surface area contributed by atoms with Gasteiger partial charge < -0.3 is 19.5 Å². The number of nitrogens with zero attached hydrogens (tertiary/aromatic N) is 2. The Kier molecular flexibility index (Phi) is 8.18. The molecule has 9 heteroatoms. The fourth-order valence-corrected chi connectivity index (χ4v) is 4.48. The van der Waals surface area contributed by atoms with E-state index in [1.54, 1.807) is 30.3 Å². The molecule has 1 N–H and O–H groups in total. The Morgan fingerprint density at radius 1 is 1.05 bits per heavy atom. The standard InChI is InChI=1S/C29H28N2O7/c1-19-6-3-7-20(16-19)18-38-24-12-10-21(11-13-24)27(32)25-26(22-8-4-9-23(17-22)31(35)36)30(14-5-15-37-2)29(34)28(25)33/h3-4,6-13,16-17,26,32H,5,14-15,18H2,1-2H3. The second-order valence-electron chi connectivity index (χ2n) is 8.99. The Morgan fingerprint density at radius 2 is 1.79 bits per heavy atom. The lowest BCUT2D eigenvalue weighted by Gasteiger charge is -2.25. The zero-order valence-corrected chi connectivity index (χ0v) is 21.1. The number of benzene rings is 3. The van der Waals surface area contributed by atoms with Gasteiger partial charge in [-0.05, 0) is 48.7 Å². The van der Waals surface area contributed by atoms with Gasteiger partial charge in [-0.3, -0.25) is 19.7 Å². The molecule has 0 aromatic heterocycles. The first-order chi connectivity index (χ1) is 18.3. The van der Waals surface area contributed by atoms with E-state index in [2.05, 4.69) is 0 Å². The summed E-state index contributed by atoms with van der Waals surface area (Å²) in [6.45, 7) is 2.90. The summed E-state index contributed by atoms with van der Waals surface area (Å²) in [5, 5.41) is 22.6. The quantitative estimate of drug-likeness (QED) is 0.101. The molecule has 0 aliphatic carbocycles. The number of carbonyl (C=O) groups excluding carboxylic acids is 2. The molecule has 3 aromatic rings. The lowest BCUT2D eigenvalue weighted by molar-refractivity contribution is -0.384. The first-order valence-electron chi connectivity index (χ1n) is 12.1. The van der Waals surface area contributed by atoms with Crippen LogP contribution in [-0.4, -0.2) is 46.9 Å². The van der Waals surface area contributed by atoms with Gasteiger partial charge in [-0.1, -0.05) is 42.0 Å². The van der Waals surface area contributed by atoms with Crippen molar-refractivity contribution in [1.82, 2.24) is 4.90 Å². The molecule has 4 rings (SSSR count). The van der Waals surface area contributed by atoms with Crippen LogP contribution in [0.2, 0.25) is 0 Å². The summed E-state index contributed by atoms with van der Waals surface area (Å²) < 4.78 is 10.9. The van der Waals surface area contributed by atoms with Crippen molar-refractivity contribution in [3.05, 3.63) is 111 Å². The first kappa shape index (κ1) is 26.6. The van der Waals surface area contributed by atoms with Crippen molar-refractivity contribution in [3.63, 3.8) is 0 Å². The van der Waals surface area contributed by atoms with Gasteiger partial charge in [0.1, 0.15) is 18.1 Å². The van der Waals surface area contributed by atoms with E-state index in [1.807, 2.05) is 31.2 Å². The van der Waals surface area contributed by atoms with Gasteiger partial charge in [-0.15, -0.1) is 0 Å². The van der Waals surface area contributed by atoms with Crippen LogP contribution in [0.25, 0.3) is 5.76 Å². The molecular formula is C29H28N2O7. The minimum absolute atomic E-state index is 0.124. The van der Waals surface area contributed by atoms with E-state index in [-0.39, 0.29) is 23.6 Å². The highest BCUT2D eigenvalue weighted by molar-refractivity contribution is 6.46. The van der Waals surface area contributed by atoms with Crippen LogP contribution >= 0.6 is 0 Å². The lowest BCUT2D eigenvalue weighted by atomic mass is 9.95. The van der Waals surface area contributed by atoms with Gasteiger partial charge in [0.2, 0.25) is 0 Å². The van der Waals surface area contributed by atoms with E-state index in [0.29, 0.717) is 36.5 Å². The summed E-state index contributed by atoms with van der Waals surface area (Å²) in [4.78, 5) is 38.3. The van der Waals surface area contributed by atoms with Crippen molar-refractivity contribution >= 4 is 23.1 Å². The van der Waals surface area contributed by atoms with Crippen LogP contribution in [0.5, 0.6) is 5.75 Å². The van der Waals surface area contributed by atoms with Gasteiger partial charge >= 0.3 is 0 Å². The summed E-state index contributed by atoms with van der Waals surface area (Å²) in [7, 11) is 1.53. The number of amides is 1. The highest BCUT2D eigenvalue weighted by Crippen LogP contribution is 2.40. The number of ketones is 1. The summed E-state index contributed by atoms with van der Waals surface area (Å²) in [5.74, 6) is -1.42. The van der Waals surface area contributed by atoms with Crippen molar-refractivity contribution in [2.75, 3.05) is 20.3 Å². The Labute approximate surface area is 220 Å². The van der Waals surface area contributed by atoms with Gasteiger partial charge in [0, 0.05) is 38.0 Å². The molecule has 1 unspecified atom stereocenters. The average molecular weight is 517 g/mol. The molecule has 1 atom stereocenters. The predicted octanol–water partition coefficient (Wildman–Crippen LogP) is 4.94. The van der Waals surface area contributed by atoms with Crippen molar-refractivity contribution in [2.24, 2.45) is 0 Å². The van der Waals surface area contributed by atoms with Crippen molar-refractivity contribution in [2.45, 2.75) is 26.0 Å². The Bertz CT molecular complexity index is 1380. The molecule has 0 saturated carbocycles. The third kappa shape index (κ3) is 5.73. The number of aliphatic hydroxyl groups excluding tert-OH is 1. The molecule has 1 aliphatic heterocycles. The van der Waals surface area contributed by atoms with E-state index in [0.717, 1.165) is 11.1 Å². The monoisotopic (exact) mass is 516 g/mol. The number of hydrogen-bond donors (Lipinski definition) is 1. The zero-order chi connectivity index (χ0) is 27.2. The number of methoxy groups -OCH3 is 1. The number of carbonyl (C=O) groups is 2. The SMILES string of the molecule is COCCCN1C(=O)C(=O)C(=C(O)c2ccc(OCc3cccc(C)c3)cc2)C1c1cccc([N+](=O)[O-])c1. The van der Waals surface area contributed by atoms with Crippen molar-refractivity contribution in [3.8, 4) is 5.75 Å². The van der Waals surface area contributed by atoms with Crippen LogP contribution in [0, 0.1) is 17.0 Å². The highest BCUT2D eigenvalue weighted by atomic mass is 16.6. The van der Waals surface area contributed by atoms with E-state index in [9.17, 15) is 24.8 Å². The lowest BCUT2D eigenvalue weighted by Crippen LogP contribution is -2.31. The number of nitro groups is 1. The maximum absolute atomic E-state index is 13.1. The van der Waals surface area contributed by atoms with Crippen LogP contribution in [0.4, 0.5) is 5.69 Å². The molecular weight excluding hydrogens is 488 g/mol. The minimum Gasteiger partial charge on any atom is -0.507 e. The number of likely N-dealkylation sites (tertiary alicyclic amines) is 1. The van der Waals surface area contributed by atoms with Crippen LogP contribution in [-0.2, 0) is 20.9 Å². The smallest absolute Gasteiger partial charge is 0.295 e. The maximum Gasteiger partial charge on any atom is 0.295 e. The predicted molar refractivity (Wildman–Crippen MR) is 141 cm³/mol. The first-order valence-corrected chi connectivity index (χ1v) is 12.1. The average Bonchev–Trinajstić information content (AvgIpc) is 3.17. The molecule has 9 nitrogen and oxygen atoms in total. The van der Waals surface area contributed by atoms with E-state index in [1.165, 1.54) is 30.2 Å². The van der Waals surface area contributed by atoms with Crippen LogP contribution < -0.4 is 4.74 Å². The van der Waals surface area contributed by atoms with Gasteiger partial charge in [0.05, 0.1) is 16.5 Å². The largest absolute Gasteiger partial charge is 0.507 e. The number of nitro benzene ring substituents is 1. The third-order valence-corrected chi connectivity index (χ3v) is 6.30. The van der Waals surface area contributed by atoms with Crippen LogP contribution in [0.15, 0.2) is 78.4 Å². The number of Topliss-reactive ketones (excluding diaryl/α,β-unsaturated/α-hetero) is 1. The Hall–Kier alpha value is -4.50. The molecule has 1 saturated heterocycles. The van der Waals surface area contributed by atoms with Crippen molar-refractivity contribution < 1.29 is 29.1 Å². The number of aliphatic hydroxyl groups is 1. The topological polar surface area (TPSA) is 119 Å². The van der Waals surface area contributed by atoms with E-state index in [4.69, 9.17) is 9.47 Å². The molecule has 38 heavy (non-hydrogen) atoms. The summed E-state index contributed by atoms with van der Waals surface area (Å²) in [5.41, 5.74) is 2.51. The summed E-state index contributed by atoms with van der Waals surface area (Å²) in [6, 6.07) is 19.2. The molecule has 1 fully saturated rings. The van der Waals surface area contributed by atoms with Gasteiger partial charge in [0.15, 0.2) is 0 Å². The number of aryl methyl sites for hydroxylation is 1. The minimum atomic E-state index is -0.982. The fourth-order valence-electron chi connectivity index (χ4n) is 4.48. The second-order valence-corrected chi connectivity index (χ2v) is 8.99. The maximum atomic E-state index is 13.1. The van der Waals surface area contributed by atoms with E-state index >= 15 is 0 Å². The number of hydrogen-bond acceptors (Lipinski definition) is 7. The van der Waals surface area contributed by atoms with Crippen LogP contribution in [0.3, 0.4) is 0 Å². The van der Waals surface area contributed by atoms with Gasteiger partial charge in [-0.2, -0.15) is 0 Å². The number of rotatable bonds is 10. The summed E-state index contributed by atoms with van der Waals surface area (Å²) >= 11 is 0. The Balaban J connectivity index is 1.67. The van der Waals surface area contributed by atoms with Gasteiger partial charge in [0.25, 0.3) is 17.4 Å². The normalized spacial score (nSPS) is 16.6. The second kappa shape index (κ2) is 11.7. The number of non-ortho nitro benzene ring substituents is 1. The Morgan fingerprint density at radius 3 is 2.47 bits per heavy atom. The molecule has 3 aromatic carbocycles. The van der Waals surface area contributed by atoms with E-state index < -0.39 is 22.7 Å². The molecule has 1 aliphatic rings.